The van der Waals surface area contributed by atoms with Crippen LogP contribution in [0.4, 0.5) is 13.2 Å². The second kappa shape index (κ2) is 6.59. The van der Waals surface area contributed by atoms with Crippen LogP contribution in [0, 0.1) is 23.4 Å². The summed E-state index contributed by atoms with van der Waals surface area (Å²) in [6.07, 6.45) is 0.724. The van der Waals surface area contributed by atoms with E-state index < -0.39 is 17.5 Å². The van der Waals surface area contributed by atoms with Crippen molar-refractivity contribution in [2.45, 2.75) is 26.3 Å². The van der Waals surface area contributed by atoms with E-state index in [2.05, 4.69) is 10.2 Å². The Hall–Kier alpha value is -1.07. The van der Waals surface area contributed by atoms with Gasteiger partial charge in [0.25, 0.3) is 0 Å². The van der Waals surface area contributed by atoms with Crippen LogP contribution in [0.5, 0.6) is 0 Å². The van der Waals surface area contributed by atoms with Gasteiger partial charge in [0.2, 0.25) is 0 Å². The molecule has 1 aliphatic heterocycles. The van der Waals surface area contributed by atoms with E-state index in [1.54, 1.807) is 0 Å². The van der Waals surface area contributed by atoms with E-state index in [1.165, 1.54) is 0 Å². The molecule has 1 fully saturated rings. The number of piperazine rings is 1. The summed E-state index contributed by atoms with van der Waals surface area (Å²) >= 11 is 0. The SMILES string of the molecule is CC(C)C[C@H](c1cc(F)c(F)cc1F)N1CCNCC1. The predicted molar refractivity (Wildman–Crippen MR) is 73.0 cm³/mol. The zero-order chi connectivity index (χ0) is 14.7. The van der Waals surface area contributed by atoms with Gasteiger partial charge in [0.1, 0.15) is 5.82 Å². The summed E-state index contributed by atoms with van der Waals surface area (Å²) in [5.74, 6) is -2.42. The van der Waals surface area contributed by atoms with Crippen molar-refractivity contribution in [2.24, 2.45) is 5.92 Å². The van der Waals surface area contributed by atoms with Gasteiger partial charge in [0, 0.05) is 43.9 Å². The molecule has 0 aromatic heterocycles. The minimum absolute atomic E-state index is 0.202. The molecule has 2 nitrogen and oxygen atoms in total. The van der Waals surface area contributed by atoms with E-state index in [0.717, 1.165) is 38.7 Å². The van der Waals surface area contributed by atoms with Gasteiger partial charge in [-0.15, -0.1) is 0 Å². The zero-order valence-electron chi connectivity index (χ0n) is 11.9. The van der Waals surface area contributed by atoms with Crippen molar-refractivity contribution in [3.8, 4) is 0 Å². The zero-order valence-corrected chi connectivity index (χ0v) is 11.9. The van der Waals surface area contributed by atoms with E-state index in [0.29, 0.717) is 12.0 Å². The van der Waals surface area contributed by atoms with Crippen LogP contribution >= 0.6 is 0 Å². The Balaban J connectivity index is 2.32. The van der Waals surface area contributed by atoms with Crippen molar-refractivity contribution in [1.82, 2.24) is 10.2 Å². The summed E-state index contributed by atoms with van der Waals surface area (Å²) in [5, 5.41) is 3.24. The van der Waals surface area contributed by atoms with Crippen LogP contribution in [-0.2, 0) is 0 Å². The highest BCUT2D eigenvalue weighted by molar-refractivity contribution is 5.24. The Morgan fingerprint density at radius 3 is 2.25 bits per heavy atom. The van der Waals surface area contributed by atoms with Crippen LogP contribution in [0.25, 0.3) is 0 Å². The maximum atomic E-state index is 14.0. The van der Waals surface area contributed by atoms with Crippen LogP contribution in [0.3, 0.4) is 0 Å². The molecule has 0 unspecified atom stereocenters. The summed E-state index contributed by atoms with van der Waals surface area (Å²) in [6.45, 7) is 7.34. The van der Waals surface area contributed by atoms with Crippen LogP contribution in [0.2, 0.25) is 0 Å². The minimum atomic E-state index is -1.13. The molecule has 0 amide bonds. The molecule has 1 aromatic carbocycles. The molecule has 0 spiro atoms. The molecule has 1 N–H and O–H groups in total. The second-order valence-corrected chi connectivity index (χ2v) is 5.72. The Morgan fingerprint density at radius 1 is 1.05 bits per heavy atom. The standard InChI is InChI=1S/C15H21F3N2/c1-10(2)7-15(20-5-3-19-4-6-20)11-8-13(17)14(18)9-12(11)16/h8-10,15,19H,3-7H2,1-2H3/t15-/m1/s1. The topological polar surface area (TPSA) is 15.3 Å². The van der Waals surface area contributed by atoms with E-state index >= 15 is 0 Å². The van der Waals surface area contributed by atoms with Crippen molar-refractivity contribution < 1.29 is 13.2 Å². The first-order valence-electron chi connectivity index (χ1n) is 7.08. The molecule has 1 aromatic rings. The van der Waals surface area contributed by atoms with Gasteiger partial charge in [-0.3, -0.25) is 4.90 Å². The molecule has 0 bridgehead atoms. The molecule has 20 heavy (non-hydrogen) atoms. The van der Waals surface area contributed by atoms with Crippen LogP contribution in [-0.4, -0.2) is 31.1 Å². The molecular formula is C15H21F3N2. The third-order valence-electron chi connectivity index (χ3n) is 3.69. The average Bonchev–Trinajstić information content (AvgIpc) is 2.41. The fraction of sp³-hybridized carbons (Fsp3) is 0.600. The summed E-state index contributed by atoms with van der Waals surface area (Å²) in [4.78, 5) is 2.15. The van der Waals surface area contributed by atoms with Gasteiger partial charge in [-0.2, -0.15) is 0 Å². The van der Waals surface area contributed by atoms with Crippen molar-refractivity contribution in [3.63, 3.8) is 0 Å². The molecule has 0 radical (unpaired) electrons. The maximum absolute atomic E-state index is 14.0. The Morgan fingerprint density at radius 2 is 1.65 bits per heavy atom. The predicted octanol–water partition coefficient (Wildman–Crippen LogP) is 3.10. The van der Waals surface area contributed by atoms with Crippen LogP contribution in [0.15, 0.2) is 12.1 Å². The molecule has 112 valence electrons. The van der Waals surface area contributed by atoms with E-state index in [-0.39, 0.29) is 11.6 Å². The summed E-state index contributed by atoms with van der Waals surface area (Å²) in [6, 6.07) is 1.46. The summed E-state index contributed by atoms with van der Waals surface area (Å²) in [5.41, 5.74) is 0.263. The van der Waals surface area contributed by atoms with Gasteiger partial charge in [-0.25, -0.2) is 13.2 Å². The monoisotopic (exact) mass is 286 g/mol. The number of rotatable bonds is 4. The normalized spacial score (nSPS) is 18.5. The molecule has 1 heterocycles. The van der Waals surface area contributed by atoms with Crippen LogP contribution in [0.1, 0.15) is 31.9 Å². The third kappa shape index (κ3) is 3.52. The van der Waals surface area contributed by atoms with Crippen molar-refractivity contribution in [3.05, 3.63) is 35.1 Å². The fourth-order valence-electron chi connectivity index (χ4n) is 2.71. The van der Waals surface area contributed by atoms with Gasteiger partial charge in [0.05, 0.1) is 0 Å². The van der Waals surface area contributed by atoms with Gasteiger partial charge in [0.15, 0.2) is 11.6 Å². The van der Waals surface area contributed by atoms with Crippen molar-refractivity contribution in [2.75, 3.05) is 26.2 Å². The highest BCUT2D eigenvalue weighted by atomic mass is 19.2. The highest BCUT2D eigenvalue weighted by Crippen LogP contribution is 2.31. The Kier molecular flexibility index (Phi) is 5.05. The molecule has 2 rings (SSSR count). The maximum Gasteiger partial charge on any atom is 0.161 e. The van der Waals surface area contributed by atoms with Crippen molar-refractivity contribution >= 4 is 0 Å². The lowest BCUT2D eigenvalue weighted by molar-refractivity contribution is 0.150. The smallest absolute Gasteiger partial charge is 0.161 e. The Labute approximate surface area is 118 Å². The van der Waals surface area contributed by atoms with Gasteiger partial charge >= 0.3 is 0 Å². The molecule has 1 aliphatic rings. The quantitative estimate of drug-likeness (QED) is 0.856. The first-order valence-corrected chi connectivity index (χ1v) is 7.08. The number of hydrogen-bond acceptors (Lipinski definition) is 2. The second-order valence-electron chi connectivity index (χ2n) is 5.72. The van der Waals surface area contributed by atoms with E-state index in [1.807, 2.05) is 13.8 Å². The van der Waals surface area contributed by atoms with Gasteiger partial charge < -0.3 is 5.32 Å². The minimum Gasteiger partial charge on any atom is -0.314 e. The van der Waals surface area contributed by atoms with Crippen LogP contribution < -0.4 is 5.32 Å². The number of halogens is 3. The number of hydrogen-bond donors (Lipinski definition) is 1. The molecule has 5 heteroatoms. The lowest BCUT2D eigenvalue weighted by Gasteiger charge is -2.36. The lowest BCUT2D eigenvalue weighted by atomic mass is 9.94. The first-order chi connectivity index (χ1) is 9.49. The molecular weight excluding hydrogens is 265 g/mol. The summed E-state index contributed by atoms with van der Waals surface area (Å²) < 4.78 is 40.6. The Bertz CT molecular complexity index is 457. The number of benzene rings is 1. The number of nitrogens with one attached hydrogen (secondary N) is 1. The van der Waals surface area contributed by atoms with Gasteiger partial charge in [-0.1, -0.05) is 13.8 Å². The number of nitrogens with zero attached hydrogens (tertiary/aromatic N) is 1. The largest absolute Gasteiger partial charge is 0.314 e. The van der Waals surface area contributed by atoms with E-state index in [4.69, 9.17) is 0 Å². The molecule has 0 aliphatic carbocycles. The highest BCUT2D eigenvalue weighted by Gasteiger charge is 2.26. The summed E-state index contributed by atoms with van der Waals surface area (Å²) in [7, 11) is 0. The van der Waals surface area contributed by atoms with Crippen molar-refractivity contribution in [1.29, 1.82) is 0 Å². The lowest BCUT2D eigenvalue weighted by Crippen LogP contribution is -2.45. The molecule has 1 atom stereocenters. The first kappa shape index (κ1) is 15.3. The third-order valence-corrected chi connectivity index (χ3v) is 3.69. The fourth-order valence-corrected chi connectivity index (χ4v) is 2.71. The molecule has 1 saturated heterocycles. The van der Waals surface area contributed by atoms with E-state index in [9.17, 15) is 13.2 Å². The van der Waals surface area contributed by atoms with Gasteiger partial charge in [-0.05, 0) is 18.4 Å². The average molecular weight is 286 g/mol. The molecule has 0 saturated carbocycles.